The first-order valence-corrected chi connectivity index (χ1v) is 8.40. The van der Waals surface area contributed by atoms with E-state index >= 15 is 0 Å². The quantitative estimate of drug-likeness (QED) is 0.760. The van der Waals surface area contributed by atoms with Crippen LogP contribution < -0.4 is 4.90 Å². The van der Waals surface area contributed by atoms with E-state index in [0.29, 0.717) is 13.1 Å². The summed E-state index contributed by atoms with van der Waals surface area (Å²) in [5.74, 6) is 0.850. The lowest BCUT2D eigenvalue weighted by Crippen LogP contribution is -2.49. The summed E-state index contributed by atoms with van der Waals surface area (Å²) in [6.07, 6.45) is 5.99. The second kappa shape index (κ2) is 6.80. The molecule has 0 saturated carbocycles. The zero-order valence-electron chi connectivity index (χ0n) is 13.9. The number of aromatic amines is 2. The molecule has 2 aromatic heterocycles. The molecule has 3 heterocycles. The zero-order valence-corrected chi connectivity index (χ0v) is 13.9. The number of anilines is 1. The summed E-state index contributed by atoms with van der Waals surface area (Å²) in [5, 5.41) is 6.75. The molecule has 7 nitrogen and oxygen atoms in total. The lowest BCUT2D eigenvalue weighted by molar-refractivity contribution is 0.0745. The summed E-state index contributed by atoms with van der Waals surface area (Å²) in [7, 11) is 0. The molecule has 1 aliphatic heterocycles. The molecule has 0 atom stereocenters. The number of hydrogen-bond acceptors (Lipinski definition) is 4. The minimum atomic E-state index is 0.0874. The van der Waals surface area contributed by atoms with Crippen molar-refractivity contribution in [2.45, 2.75) is 6.42 Å². The summed E-state index contributed by atoms with van der Waals surface area (Å²) < 4.78 is 0. The maximum atomic E-state index is 12.9. The molecule has 0 bridgehead atoms. The van der Waals surface area contributed by atoms with Gasteiger partial charge in [-0.25, -0.2) is 5.10 Å². The fourth-order valence-corrected chi connectivity index (χ4v) is 3.20. The van der Waals surface area contributed by atoms with Crippen LogP contribution in [0.3, 0.4) is 0 Å². The van der Waals surface area contributed by atoms with Crippen LogP contribution in [0.4, 0.5) is 5.95 Å². The molecule has 0 aliphatic carbocycles. The number of piperazine rings is 1. The molecule has 0 spiro atoms. The van der Waals surface area contributed by atoms with Crippen LogP contribution in [0.1, 0.15) is 21.5 Å². The molecule has 0 radical (unpaired) electrons. The number of nitrogens with one attached hydrogen (secondary N) is 2. The van der Waals surface area contributed by atoms with Gasteiger partial charge in [-0.3, -0.25) is 4.79 Å². The molecule has 1 aromatic carbocycles. The van der Waals surface area contributed by atoms with Crippen molar-refractivity contribution in [3.63, 3.8) is 0 Å². The van der Waals surface area contributed by atoms with Crippen LogP contribution in [0.2, 0.25) is 0 Å². The Bertz CT molecular complexity index is 818. The van der Waals surface area contributed by atoms with Crippen LogP contribution in [0.15, 0.2) is 49.1 Å². The van der Waals surface area contributed by atoms with E-state index < -0.39 is 0 Å². The third kappa shape index (κ3) is 3.26. The number of hydrogen-bond donors (Lipinski definition) is 2. The molecule has 128 valence electrons. The number of carbonyl (C=O) groups excluding carboxylic acids is 1. The standard InChI is InChI=1S/C18H20N6O/c25-17(23-6-8-24(9-7-23)18-20-13-21-22-18)16-12-19-11-15(16)10-14-4-2-1-3-5-14/h1-5,11-13,19H,6-10H2,(H,20,21,22). The molecule has 2 N–H and O–H groups in total. The number of carbonyl (C=O) groups is 1. The molecule has 3 aromatic rings. The normalized spacial score (nSPS) is 14.7. The number of nitrogens with zero attached hydrogens (tertiary/aromatic N) is 4. The second-order valence-electron chi connectivity index (χ2n) is 6.14. The number of H-pyrrole nitrogens is 2. The average Bonchev–Trinajstić information content (AvgIpc) is 3.34. The van der Waals surface area contributed by atoms with Gasteiger partial charge in [0.25, 0.3) is 5.91 Å². The van der Waals surface area contributed by atoms with E-state index in [9.17, 15) is 4.79 Å². The van der Waals surface area contributed by atoms with Crippen molar-refractivity contribution >= 4 is 11.9 Å². The Labute approximate surface area is 145 Å². The molecular formula is C18H20N6O. The van der Waals surface area contributed by atoms with Gasteiger partial charge in [-0.05, 0) is 17.5 Å². The maximum absolute atomic E-state index is 12.9. The Balaban J connectivity index is 1.43. The molecular weight excluding hydrogens is 316 g/mol. The van der Waals surface area contributed by atoms with Gasteiger partial charge in [-0.2, -0.15) is 10.1 Å². The topological polar surface area (TPSA) is 80.9 Å². The fraction of sp³-hybridized carbons (Fsp3) is 0.278. The fourth-order valence-electron chi connectivity index (χ4n) is 3.20. The van der Waals surface area contributed by atoms with Crippen LogP contribution in [0, 0.1) is 0 Å². The summed E-state index contributed by atoms with van der Waals surface area (Å²) in [5.41, 5.74) is 3.00. The van der Waals surface area contributed by atoms with Crippen molar-refractivity contribution in [3.8, 4) is 0 Å². The van der Waals surface area contributed by atoms with Gasteiger partial charge >= 0.3 is 0 Å². The summed E-state index contributed by atoms with van der Waals surface area (Å²) in [6, 6.07) is 10.2. The smallest absolute Gasteiger partial charge is 0.255 e. The van der Waals surface area contributed by atoms with Crippen LogP contribution in [-0.4, -0.2) is 57.2 Å². The van der Waals surface area contributed by atoms with E-state index in [1.165, 1.54) is 11.9 Å². The van der Waals surface area contributed by atoms with E-state index in [1.807, 2.05) is 35.5 Å². The first-order chi connectivity index (χ1) is 12.3. The van der Waals surface area contributed by atoms with Crippen molar-refractivity contribution in [3.05, 3.63) is 65.7 Å². The van der Waals surface area contributed by atoms with Crippen LogP contribution in [0.25, 0.3) is 0 Å². The van der Waals surface area contributed by atoms with Crippen LogP contribution in [0.5, 0.6) is 0 Å². The Morgan fingerprint density at radius 3 is 2.60 bits per heavy atom. The third-order valence-electron chi connectivity index (χ3n) is 4.57. The molecule has 1 fully saturated rings. The van der Waals surface area contributed by atoms with Gasteiger partial charge in [0.05, 0.1) is 5.56 Å². The highest BCUT2D eigenvalue weighted by Gasteiger charge is 2.25. The van der Waals surface area contributed by atoms with Gasteiger partial charge in [0, 0.05) is 38.6 Å². The second-order valence-corrected chi connectivity index (χ2v) is 6.14. The van der Waals surface area contributed by atoms with E-state index in [2.05, 4.69) is 37.2 Å². The lowest BCUT2D eigenvalue weighted by atomic mass is 10.0. The summed E-state index contributed by atoms with van der Waals surface area (Å²) in [6.45, 7) is 2.85. The molecule has 4 rings (SSSR count). The molecule has 1 amide bonds. The molecule has 0 unspecified atom stereocenters. The minimum absolute atomic E-state index is 0.0874. The number of benzene rings is 1. The van der Waals surface area contributed by atoms with Crippen molar-refractivity contribution < 1.29 is 4.79 Å². The van der Waals surface area contributed by atoms with Gasteiger partial charge in [0.15, 0.2) is 0 Å². The first-order valence-electron chi connectivity index (χ1n) is 8.40. The van der Waals surface area contributed by atoms with Gasteiger partial charge in [0.1, 0.15) is 6.33 Å². The summed E-state index contributed by atoms with van der Waals surface area (Å²) in [4.78, 5) is 24.2. The number of rotatable bonds is 4. The summed E-state index contributed by atoms with van der Waals surface area (Å²) >= 11 is 0. The molecule has 7 heteroatoms. The average molecular weight is 336 g/mol. The van der Waals surface area contributed by atoms with E-state index in [1.54, 1.807) is 0 Å². The van der Waals surface area contributed by atoms with Crippen molar-refractivity contribution in [1.82, 2.24) is 25.1 Å². The third-order valence-corrected chi connectivity index (χ3v) is 4.57. The first kappa shape index (κ1) is 15.4. The van der Waals surface area contributed by atoms with Gasteiger partial charge in [0.2, 0.25) is 5.95 Å². The Morgan fingerprint density at radius 2 is 1.88 bits per heavy atom. The Kier molecular flexibility index (Phi) is 4.20. The minimum Gasteiger partial charge on any atom is -0.367 e. The van der Waals surface area contributed by atoms with E-state index in [4.69, 9.17) is 0 Å². The predicted octanol–water partition coefficient (Wildman–Crippen LogP) is 1.69. The maximum Gasteiger partial charge on any atom is 0.255 e. The van der Waals surface area contributed by atoms with E-state index in [0.717, 1.165) is 36.6 Å². The van der Waals surface area contributed by atoms with Gasteiger partial charge in [-0.1, -0.05) is 30.3 Å². The highest BCUT2D eigenvalue weighted by Crippen LogP contribution is 2.18. The van der Waals surface area contributed by atoms with Crippen LogP contribution in [-0.2, 0) is 6.42 Å². The molecule has 1 saturated heterocycles. The monoisotopic (exact) mass is 336 g/mol. The largest absolute Gasteiger partial charge is 0.367 e. The van der Waals surface area contributed by atoms with Crippen LogP contribution >= 0.6 is 0 Å². The zero-order chi connectivity index (χ0) is 17.1. The van der Waals surface area contributed by atoms with E-state index in [-0.39, 0.29) is 5.91 Å². The highest BCUT2D eigenvalue weighted by atomic mass is 16.2. The SMILES string of the molecule is O=C(c1c[nH]cc1Cc1ccccc1)N1CCN(c2ncn[nH]2)CC1. The van der Waals surface area contributed by atoms with Gasteiger partial charge < -0.3 is 14.8 Å². The molecule has 1 aliphatic rings. The van der Waals surface area contributed by atoms with Crippen molar-refractivity contribution in [2.24, 2.45) is 0 Å². The predicted molar refractivity (Wildman–Crippen MR) is 94.5 cm³/mol. The Hall–Kier alpha value is -3.09. The van der Waals surface area contributed by atoms with Crippen molar-refractivity contribution in [1.29, 1.82) is 0 Å². The molecule has 25 heavy (non-hydrogen) atoms. The lowest BCUT2D eigenvalue weighted by Gasteiger charge is -2.34. The Morgan fingerprint density at radius 1 is 1.08 bits per heavy atom. The van der Waals surface area contributed by atoms with Gasteiger partial charge in [-0.15, -0.1) is 0 Å². The highest BCUT2D eigenvalue weighted by molar-refractivity contribution is 5.95. The number of aromatic nitrogens is 4. The number of amides is 1. The van der Waals surface area contributed by atoms with Crippen molar-refractivity contribution in [2.75, 3.05) is 31.1 Å².